The lowest BCUT2D eigenvalue weighted by Gasteiger charge is -2.16. The van der Waals surface area contributed by atoms with E-state index in [9.17, 15) is 9.90 Å². The van der Waals surface area contributed by atoms with Gasteiger partial charge < -0.3 is 23.7 Å². The van der Waals surface area contributed by atoms with Crippen LogP contribution in [0, 0.1) is 13.8 Å². The Morgan fingerprint density at radius 3 is 2.33 bits per heavy atom. The first-order chi connectivity index (χ1) is 14.4. The van der Waals surface area contributed by atoms with Crippen molar-refractivity contribution >= 4 is 11.0 Å². The number of fused-ring (bicyclic) bond motifs is 1. The standard InChI is InChI=1S/C24H28O6/c1-6-7-17(25)13-29-24-14(2)8-16(9-15(24)3)20-12-19(26)23-21(28-5)10-18(27-4)11-22(23)30-20/h8-12,17,25H,6-7,13H2,1-5H3/t17-/m1/s1. The van der Waals surface area contributed by atoms with E-state index >= 15 is 0 Å². The summed E-state index contributed by atoms with van der Waals surface area (Å²) in [4.78, 5) is 12.8. The topological polar surface area (TPSA) is 78.1 Å². The van der Waals surface area contributed by atoms with Gasteiger partial charge in [0.05, 0.1) is 20.3 Å². The summed E-state index contributed by atoms with van der Waals surface area (Å²) in [5, 5.41) is 10.3. The minimum Gasteiger partial charge on any atom is -0.496 e. The average Bonchev–Trinajstić information content (AvgIpc) is 2.72. The summed E-state index contributed by atoms with van der Waals surface area (Å²) in [6.07, 6.45) is 1.11. The van der Waals surface area contributed by atoms with Crippen LogP contribution in [0.1, 0.15) is 30.9 Å². The molecule has 2 aromatic carbocycles. The van der Waals surface area contributed by atoms with Crippen molar-refractivity contribution in [3.05, 3.63) is 51.7 Å². The largest absolute Gasteiger partial charge is 0.496 e. The second-order valence-corrected chi connectivity index (χ2v) is 7.37. The van der Waals surface area contributed by atoms with E-state index in [1.54, 1.807) is 19.2 Å². The van der Waals surface area contributed by atoms with Crippen LogP contribution in [0.5, 0.6) is 17.2 Å². The Morgan fingerprint density at radius 1 is 1.03 bits per heavy atom. The molecule has 1 heterocycles. The van der Waals surface area contributed by atoms with Gasteiger partial charge in [-0.2, -0.15) is 0 Å². The summed E-state index contributed by atoms with van der Waals surface area (Å²) in [6, 6.07) is 8.63. The molecule has 0 fully saturated rings. The van der Waals surface area contributed by atoms with Gasteiger partial charge in [-0.25, -0.2) is 0 Å². The molecule has 0 saturated heterocycles. The maximum absolute atomic E-state index is 12.8. The first kappa shape index (κ1) is 21.7. The summed E-state index contributed by atoms with van der Waals surface area (Å²) in [7, 11) is 3.05. The van der Waals surface area contributed by atoms with Crippen LogP contribution in [0.15, 0.2) is 39.5 Å². The van der Waals surface area contributed by atoms with Crippen molar-refractivity contribution < 1.29 is 23.7 Å². The second kappa shape index (κ2) is 9.22. The van der Waals surface area contributed by atoms with Gasteiger partial charge in [-0.05, 0) is 43.5 Å². The van der Waals surface area contributed by atoms with Gasteiger partial charge in [0.15, 0.2) is 5.43 Å². The minimum absolute atomic E-state index is 0.191. The van der Waals surface area contributed by atoms with E-state index in [-0.39, 0.29) is 12.0 Å². The summed E-state index contributed by atoms with van der Waals surface area (Å²) < 4.78 is 22.5. The molecular formula is C24H28O6. The van der Waals surface area contributed by atoms with Crippen LogP contribution in [0.25, 0.3) is 22.3 Å². The maximum Gasteiger partial charge on any atom is 0.197 e. The molecule has 0 saturated carbocycles. The van der Waals surface area contributed by atoms with Crippen LogP contribution < -0.4 is 19.6 Å². The number of aryl methyl sites for hydroxylation is 2. The predicted octanol–water partition coefficient (Wildman–Crippen LogP) is 4.63. The number of methoxy groups -OCH3 is 2. The molecule has 6 heteroatoms. The monoisotopic (exact) mass is 412 g/mol. The van der Waals surface area contributed by atoms with Gasteiger partial charge in [0.2, 0.25) is 0 Å². The van der Waals surface area contributed by atoms with Crippen molar-refractivity contribution in [2.24, 2.45) is 0 Å². The minimum atomic E-state index is -0.489. The molecule has 3 rings (SSSR count). The van der Waals surface area contributed by atoms with Gasteiger partial charge in [0.25, 0.3) is 0 Å². The molecule has 0 aliphatic rings. The van der Waals surface area contributed by atoms with E-state index in [2.05, 4.69) is 0 Å². The third-order valence-corrected chi connectivity index (χ3v) is 5.01. The molecule has 30 heavy (non-hydrogen) atoms. The highest BCUT2D eigenvalue weighted by Gasteiger charge is 2.16. The number of ether oxygens (including phenoxy) is 3. The Balaban J connectivity index is 2.02. The highest BCUT2D eigenvalue weighted by molar-refractivity contribution is 5.86. The average molecular weight is 412 g/mol. The Labute approximate surface area is 176 Å². The Morgan fingerprint density at radius 2 is 1.73 bits per heavy atom. The lowest BCUT2D eigenvalue weighted by atomic mass is 10.0. The summed E-state index contributed by atoms with van der Waals surface area (Å²) in [5.41, 5.74) is 2.78. The van der Waals surface area contributed by atoms with Gasteiger partial charge in [-0.3, -0.25) is 4.79 Å². The Hall–Kier alpha value is -2.99. The molecule has 1 atom stereocenters. The zero-order valence-electron chi connectivity index (χ0n) is 18.1. The molecule has 0 spiro atoms. The van der Waals surface area contributed by atoms with Gasteiger partial charge in [-0.1, -0.05) is 13.3 Å². The fraction of sp³-hybridized carbons (Fsp3) is 0.375. The zero-order valence-corrected chi connectivity index (χ0v) is 18.1. The van der Waals surface area contributed by atoms with E-state index in [0.717, 1.165) is 28.9 Å². The third kappa shape index (κ3) is 4.44. The van der Waals surface area contributed by atoms with Crippen LogP contribution in [0.4, 0.5) is 0 Å². The summed E-state index contributed by atoms with van der Waals surface area (Å²) >= 11 is 0. The molecule has 160 valence electrons. The fourth-order valence-electron chi connectivity index (χ4n) is 3.57. The molecule has 0 aliphatic carbocycles. The fourth-order valence-corrected chi connectivity index (χ4v) is 3.57. The molecule has 0 bridgehead atoms. The van der Waals surface area contributed by atoms with Crippen molar-refractivity contribution in [1.29, 1.82) is 0 Å². The van der Waals surface area contributed by atoms with Crippen molar-refractivity contribution in [3.63, 3.8) is 0 Å². The summed E-state index contributed by atoms with van der Waals surface area (Å²) in [5.74, 6) is 2.14. The van der Waals surface area contributed by atoms with Crippen LogP contribution in [-0.2, 0) is 0 Å². The molecule has 0 radical (unpaired) electrons. The predicted molar refractivity (Wildman–Crippen MR) is 117 cm³/mol. The Kier molecular flexibility index (Phi) is 6.67. The first-order valence-corrected chi connectivity index (χ1v) is 10.00. The van der Waals surface area contributed by atoms with E-state index in [1.807, 2.05) is 32.9 Å². The number of rotatable bonds is 8. The molecule has 0 amide bonds. The van der Waals surface area contributed by atoms with Gasteiger partial charge >= 0.3 is 0 Å². The van der Waals surface area contributed by atoms with Gasteiger partial charge in [-0.15, -0.1) is 0 Å². The lowest BCUT2D eigenvalue weighted by molar-refractivity contribution is 0.0987. The van der Waals surface area contributed by atoms with E-state index in [0.29, 0.717) is 34.6 Å². The molecular weight excluding hydrogens is 384 g/mol. The van der Waals surface area contributed by atoms with E-state index < -0.39 is 6.10 Å². The highest BCUT2D eigenvalue weighted by Crippen LogP contribution is 2.34. The second-order valence-electron chi connectivity index (χ2n) is 7.37. The van der Waals surface area contributed by atoms with Gasteiger partial charge in [0, 0.05) is 23.8 Å². The SMILES string of the molecule is CCC[C@@H](O)COc1c(C)cc(-c2cc(=O)c3c(OC)cc(OC)cc3o2)cc1C. The number of aliphatic hydroxyl groups excluding tert-OH is 1. The molecule has 1 aromatic heterocycles. The van der Waals surface area contributed by atoms with E-state index in [1.165, 1.54) is 13.2 Å². The summed E-state index contributed by atoms with van der Waals surface area (Å²) in [6.45, 7) is 6.14. The smallest absolute Gasteiger partial charge is 0.197 e. The Bertz CT molecular complexity index is 1080. The molecule has 0 aliphatic heterocycles. The number of aliphatic hydroxyl groups is 1. The maximum atomic E-state index is 12.8. The van der Waals surface area contributed by atoms with Crippen molar-refractivity contribution in [3.8, 4) is 28.6 Å². The lowest BCUT2D eigenvalue weighted by Crippen LogP contribution is -2.17. The highest BCUT2D eigenvalue weighted by atomic mass is 16.5. The van der Waals surface area contributed by atoms with Crippen molar-refractivity contribution in [2.75, 3.05) is 20.8 Å². The number of hydrogen-bond donors (Lipinski definition) is 1. The van der Waals surface area contributed by atoms with Crippen LogP contribution in [0.2, 0.25) is 0 Å². The molecule has 3 aromatic rings. The molecule has 1 N–H and O–H groups in total. The van der Waals surface area contributed by atoms with Crippen molar-refractivity contribution in [2.45, 2.75) is 39.7 Å². The van der Waals surface area contributed by atoms with Crippen LogP contribution >= 0.6 is 0 Å². The molecule has 6 nitrogen and oxygen atoms in total. The van der Waals surface area contributed by atoms with Gasteiger partial charge in [0.1, 0.15) is 40.6 Å². The quantitative estimate of drug-likeness (QED) is 0.581. The number of hydrogen-bond acceptors (Lipinski definition) is 6. The van der Waals surface area contributed by atoms with Crippen LogP contribution in [-0.4, -0.2) is 32.0 Å². The third-order valence-electron chi connectivity index (χ3n) is 5.01. The zero-order chi connectivity index (χ0) is 21.8. The van der Waals surface area contributed by atoms with Crippen molar-refractivity contribution in [1.82, 2.24) is 0 Å². The first-order valence-electron chi connectivity index (χ1n) is 10.00. The van der Waals surface area contributed by atoms with Crippen LogP contribution in [0.3, 0.4) is 0 Å². The molecule has 0 unspecified atom stereocenters. The number of benzene rings is 2. The van der Waals surface area contributed by atoms with E-state index in [4.69, 9.17) is 18.6 Å². The normalized spacial score (nSPS) is 12.1.